The average molecular weight is 276 g/mol. The normalized spacial score (nSPS) is 26.1. The highest BCUT2D eigenvalue weighted by Crippen LogP contribution is 2.42. The molecule has 0 bridgehead atoms. The smallest absolute Gasteiger partial charge is 0.316 e. The topological polar surface area (TPSA) is 35.5 Å². The molecular formula is C17H24O3. The predicted octanol–water partition coefficient (Wildman–Crippen LogP) is 3.71. The second-order valence-corrected chi connectivity index (χ2v) is 5.71. The molecular weight excluding hydrogens is 252 g/mol. The molecule has 0 atom stereocenters. The van der Waals surface area contributed by atoms with Crippen molar-refractivity contribution in [1.82, 2.24) is 0 Å². The van der Waals surface area contributed by atoms with Gasteiger partial charge >= 0.3 is 5.97 Å². The summed E-state index contributed by atoms with van der Waals surface area (Å²) in [7, 11) is 1.65. The molecule has 0 heterocycles. The van der Waals surface area contributed by atoms with Crippen molar-refractivity contribution < 1.29 is 14.3 Å². The lowest BCUT2D eigenvalue weighted by Gasteiger charge is -2.37. The Kier molecular flexibility index (Phi) is 4.69. The van der Waals surface area contributed by atoms with Crippen LogP contribution in [0.5, 0.6) is 5.75 Å². The molecule has 0 aliphatic heterocycles. The molecule has 1 aliphatic rings. The van der Waals surface area contributed by atoms with Gasteiger partial charge in [0.25, 0.3) is 0 Å². The van der Waals surface area contributed by atoms with Crippen LogP contribution >= 0.6 is 0 Å². The second kappa shape index (κ2) is 6.29. The van der Waals surface area contributed by atoms with Gasteiger partial charge in [-0.05, 0) is 56.2 Å². The molecule has 0 radical (unpaired) electrons. The molecule has 0 aromatic heterocycles. The van der Waals surface area contributed by atoms with E-state index in [4.69, 9.17) is 9.47 Å². The summed E-state index contributed by atoms with van der Waals surface area (Å²) < 4.78 is 10.6. The lowest BCUT2D eigenvalue weighted by molar-refractivity contribution is -0.152. The monoisotopic (exact) mass is 276 g/mol. The fourth-order valence-corrected chi connectivity index (χ4v) is 3.04. The highest BCUT2D eigenvalue weighted by Gasteiger charge is 2.43. The first-order chi connectivity index (χ1) is 9.62. The molecule has 0 saturated heterocycles. The molecule has 20 heavy (non-hydrogen) atoms. The molecule has 110 valence electrons. The fourth-order valence-electron chi connectivity index (χ4n) is 3.04. The number of carbonyl (C=O) groups excluding carboxylic acids is 1. The lowest BCUT2D eigenvalue weighted by Crippen LogP contribution is -2.40. The largest absolute Gasteiger partial charge is 0.497 e. The maximum Gasteiger partial charge on any atom is 0.316 e. The first kappa shape index (κ1) is 14.9. The molecule has 1 fully saturated rings. The van der Waals surface area contributed by atoms with E-state index >= 15 is 0 Å². The zero-order chi connectivity index (χ0) is 14.6. The highest BCUT2D eigenvalue weighted by atomic mass is 16.5. The molecule has 2 rings (SSSR count). The summed E-state index contributed by atoms with van der Waals surface area (Å²) in [5.41, 5.74) is 0.595. The van der Waals surface area contributed by atoms with Crippen molar-refractivity contribution >= 4 is 5.97 Å². The summed E-state index contributed by atoms with van der Waals surface area (Å²) in [4.78, 5) is 12.5. The van der Waals surface area contributed by atoms with Crippen LogP contribution in [0.4, 0.5) is 0 Å². The molecule has 1 aliphatic carbocycles. The van der Waals surface area contributed by atoms with Gasteiger partial charge in [-0.25, -0.2) is 0 Å². The first-order valence-electron chi connectivity index (χ1n) is 7.44. The first-order valence-corrected chi connectivity index (χ1v) is 7.44. The van der Waals surface area contributed by atoms with Crippen molar-refractivity contribution in [3.05, 3.63) is 29.8 Å². The van der Waals surface area contributed by atoms with E-state index in [0.29, 0.717) is 12.5 Å². The summed E-state index contributed by atoms with van der Waals surface area (Å²) in [6.07, 6.45) is 3.90. The number of ether oxygens (including phenoxy) is 2. The quantitative estimate of drug-likeness (QED) is 0.786. The minimum absolute atomic E-state index is 0.0722. The third-order valence-corrected chi connectivity index (χ3v) is 4.44. The van der Waals surface area contributed by atoms with Crippen LogP contribution in [0.2, 0.25) is 0 Å². The van der Waals surface area contributed by atoms with E-state index < -0.39 is 5.41 Å². The minimum Gasteiger partial charge on any atom is -0.497 e. The average Bonchev–Trinajstić information content (AvgIpc) is 2.49. The van der Waals surface area contributed by atoms with Gasteiger partial charge in [-0.2, -0.15) is 0 Å². The van der Waals surface area contributed by atoms with Gasteiger partial charge in [0.05, 0.1) is 19.1 Å². The zero-order valence-corrected chi connectivity index (χ0v) is 12.6. The van der Waals surface area contributed by atoms with Crippen LogP contribution in [0, 0.1) is 5.92 Å². The number of methoxy groups -OCH3 is 1. The number of benzene rings is 1. The van der Waals surface area contributed by atoms with E-state index in [1.54, 1.807) is 7.11 Å². The van der Waals surface area contributed by atoms with Crippen LogP contribution in [-0.2, 0) is 14.9 Å². The van der Waals surface area contributed by atoms with Crippen molar-refractivity contribution in [2.75, 3.05) is 13.7 Å². The highest BCUT2D eigenvalue weighted by molar-refractivity contribution is 5.83. The van der Waals surface area contributed by atoms with Crippen LogP contribution in [0.1, 0.15) is 45.1 Å². The Hall–Kier alpha value is -1.51. The second-order valence-electron chi connectivity index (χ2n) is 5.71. The molecule has 1 aromatic rings. The third-order valence-electron chi connectivity index (χ3n) is 4.44. The maximum atomic E-state index is 12.5. The molecule has 0 spiro atoms. The van der Waals surface area contributed by atoms with Crippen molar-refractivity contribution in [3.8, 4) is 5.75 Å². The molecule has 3 nitrogen and oxygen atoms in total. The summed E-state index contributed by atoms with van der Waals surface area (Å²) in [6, 6.07) is 7.86. The molecule has 1 saturated carbocycles. The van der Waals surface area contributed by atoms with Crippen LogP contribution in [0.25, 0.3) is 0 Å². The predicted molar refractivity (Wildman–Crippen MR) is 78.9 cm³/mol. The Labute approximate surface area is 121 Å². The molecule has 0 unspecified atom stereocenters. The molecule has 1 aromatic carbocycles. The van der Waals surface area contributed by atoms with Gasteiger partial charge in [0, 0.05) is 0 Å². The zero-order valence-electron chi connectivity index (χ0n) is 12.6. The SMILES string of the molecule is CCOC(=O)C1(c2ccc(OC)cc2)CCC(C)CC1. The number of hydrogen-bond donors (Lipinski definition) is 0. The van der Waals surface area contributed by atoms with Crippen molar-refractivity contribution in [2.45, 2.75) is 44.9 Å². The van der Waals surface area contributed by atoms with Crippen molar-refractivity contribution in [2.24, 2.45) is 5.92 Å². The van der Waals surface area contributed by atoms with Gasteiger partial charge in [0.2, 0.25) is 0 Å². The van der Waals surface area contributed by atoms with Crippen LogP contribution in [0.15, 0.2) is 24.3 Å². The van der Waals surface area contributed by atoms with E-state index in [-0.39, 0.29) is 5.97 Å². The van der Waals surface area contributed by atoms with Gasteiger partial charge in [-0.3, -0.25) is 4.79 Å². The van der Waals surface area contributed by atoms with Gasteiger partial charge in [0.15, 0.2) is 0 Å². The van der Waals surface area contributed by atoms with E-state index in [1.165, 1.54) is 0 Å². The maximum absolute atomic E-state index is 12.5. The number of carbonyl (C=O) groups is 1. The Bertz CT molecular complexity index is 442. The van der Waals surface area contributed by atoms with E-state index in [2.05, 4.69) is 6.92 Å². The van der Waals surface area contributed by atoms with Gasteiger partial charge in [0.1, 0.15) is 5.75 Å². The molecule has 3 heteroatoms. The molecule has 0 amide bonds. The lowest BCUT2D eigenvalue weighted by atomic mass is 9.67. The van der Waals surface area contributed by atoms with E-state index in [1.807, 2.05) is 31.2 Å². The number of rotatable bonds is 4. The van der Waals surface area contributed by atoms with Crippen molar-refractivity contribution in [3.63, 3.8) is 0 Å². The number of esters is 1. The van der Waals surface area contributed by atoms with E-state index in [0.717, 1.165) is 37.0 Å². The van der Waals surface area contributed by atoms with Gasteiger partial charge < -0.3 is 9.47 Å². The summed E-state index contributed by atoms with van der Waals surface area (Å²) >= 11 is 0. The van der Waals surface area contributed by atoms with Crippen molar-refractivity contribution in [1.29, 1.82) is 0 Å². The molecule has 0 N–H and O–H groups in total. The van der Waals surface area contributed by atoms with Gasteiger partial charge in [-0.15, -0.1) is 0 Å². The summed E-state index contributed by atoms with van der Waals surface area (Å²) in [6.45, 7) is 4.56. The standard InChI is InChI=1S/C17H24O3/c1-4-20-16(18)17(11-9-13(2)10-12-17)14-5-7-15(19-3)8-6-14/h5-8,13H,4,9-12H2,1-3H3. The van der Waals surface area contributed by atoms with Crippen LogP contribution < -0.4 is 4.74 Å². The fraction of sp³-hybridized carbons (Fsp3) is 0.588. The minimum atomic E-state index is -0.464. The van der Waals surface area contributed by atoms with Gasteiger partial charge in [-0.1, -0.05) is 19.1 Å². The van der Waals surface area contributed by atoms with Crippen LogP contribution in [-0.4, -0.2) is 19.7 Å². The Morgan fingerprint density at radius 1 is 1.25 bits per heavy atom. The third kappa shape index (κ3) is 2.82. The van der Waals surface area contributed by atoms with E-state index in [9.17, 15) is 4.79 Å². The summed E-state index contributed by atoms with van der Waals surface area (Å²) in [5, 5.41) is 0. The Morgan fingerprint density at radius 2 is 1.85 bits per heavy atom. The van der Waals surface area contributed by atoms with Crippen LogP contribution in [0.3, 0.4) is 0 Å². The Morgan fingerprint density at radius 3 is 2.35 bits per heavy atom. The Balaban J connectivity index is 2.32. The summed E-state index contributed by atoms with van der Waals surface area (Å²) in [5.74, 6) is 1.44. The number of hydrogen-bond acceptors (Lipinski definition) is 3.